The first-order chi connectivity index (χ1) is 6.16. The Bertz CT molecular complexity index is 473. The first-order valence-corrected chi connectivity index (χ1v) is 5.06. The number of thiophene rings is 1. The standard InChI is InChI=1S/C10H7ClOS/c1-6-2-3-7-5-9(10(11)12)13-8(7)4-6/h2-5H,1H3. The predicted molar refractivity (Wildman–Crippen MR) is 56.7 cm³/mol. The lowest BCUT2D eigenvalue weighted by molar-refractivity contribution is 0.108. The van der Waals surface area contributed by atoms with E-state index in [0.717, 1.165) is 10.1 Å². The molecule has 0 radical (unpaired) electrons. The van der Waals surface area contributed by atoms with Gasteiger partial charge in [0.1, 0.15) is 0 Å². The lowest BCUT2D eigenvalue weighted by Gasteiger charge is -1.89. The van der Waals surface area contributed by atoms with Gasteiger partial charge in [0.25, 0.3) is 5.24 Å². The van der Waals surface area contributed by atoms with E-state index in [9.17, 15) is 4.79 Å². The molecule has 0 spiro atoms. The molecule has 0 saturated carbocycles. The molecule has 0 atom stereocenters. The largest absolute Gasteiger partial charge is 0.275 e. The molecule has 0 saturated heterocycles. The second-order valence-electron chi connectivity index (χ2n) is 2.93. The minimum Gasteiger partial charge on any atom is -0.275 e. The Labute approximate surface area is 84.9 Å². The van der Waals surface area contributed by atoms with Gasteiger partial charge in [-0.3, -0.25) is 4.79 Å². The summed E-state index contributed by atoms with van der Waals surface area (Å²) in [6.45, 7) is 2.03. The van der Waals surface area contributed by atoms with Gasteiger partial charge in [-0.1, -0.05) is 12.1 Å². The molecule has 0 unspecified atom stereocenters. The Kier molecular flexibility index (Phi) is 2.10. The van der Waals surface area contributed by atoms with Crippen LogP contribution in [0.5, 0.6) is 0 Å². The molecule has 2 aromatic rings. The minimum atomic E-state index is -0.376. The van der Waals surface area contributed by atoms with E-state index in [2.05, 4.69) is 6.07 Å². The van der Waals surface area contributed by atoms with E-state index >= 15 is 0 Å². The summed E-state index contributed by atoms with van der Waals surface area (Å²) in [7, 11) is 0. The number of halogens is 1. The molecule has 66 valence electrons. The summed E-state index contributed by atoms with van der Waals surface area (Å²) < 4.78 is 1.11. The molecule has 1 aromatic carbocycles. The molecule has 0 fully saturated rings. The molecule has 0 N–H and O–H groups in total. The summed E-state index contributed by atoms with van der Waals surface area (Å²) in [6, 6.07) is 7.92. The van der Waals surface area contributed by atoms with Crippen LogP contribution in [0, 0.1) is 6.92 Å². The summed E-state index contributed by atoms with van der Waals surface area (Å²) in [4.78, 5) is 11.5. The second-order valence-corrected chi connectivity index (χ2v) is 4.35. The van der Waals surface area contributed by atoms with Crippen LogP contribution in [-0.4, -0.2) is 5.24 Å². The van der Waals surface area contributed by atoms with E-state index in [4.69, 9.17) is 11.6 Å². The average molecular weight is 211 g/mol. The molecule has 0 aliphatic heterocycles. The summed E-state index contributed by atoms with van der Waals surface area (Å²) in [5.74, 6) is 0. The summed E-state index contributed by atoms with van der Waals surface area (Å²) in [5, 5.41) is 0.707. The summed E-state index contributed by atoms with van der Waals surface area (Å²) in [5.41, 5.74) is 1.20. The second kappa shape index (κ2) is 3.13. The van der Waals surface area contributed by atoms with E-state index in [-0.39, 0.29) is 5.24 Å². The van der Waals surface area contributed by atoms with Crippen LogP contribution in [0.25, 0.3) is 10.1 Å². The quantitative estimate of drug-likeness (QED) is 0.658. The number of aryl methyl sites for hydroxylation is 1. The van der Waals surface area contributed by atoms with Gasteiger partial charge in [0.05, 0.1) is 4.88 Å². The van der Waals surface area contributed by atoms with Gasteiger partial charge in [0.2, 0.25) is 0 Å². The van der Waals surface area contributed by atoms with Crippen molar-refractivity contribution in [2.24, 2.45) is 0 Å². The average Bonchev–Trinajstić information content (AvgIpc) is 2.46. The van der Waals surface area contributed by atoms with Crippen molar-refractivity contribution in [2.75, 3.05) is 0 Å². The lowest BCUT2D eigenvalue weighted by atomic mass is 10.2. The van der Waals surface area contributed by atoms with Gasteiger partial charge in [-0.2, -0.15) is 0 Å². The summed E-state index contributed by atoms with van der Waals surface area (Å²) in [6.07, 6.45) is 0. The van der Waals surface area contributed by atoms with Gasteiger partial charge in [-0.05, 0) is 41.6 Å². The number of benzene rings is 1. The lowest BCUT2D eigenvalue weighted by Crippen LogP contribution is -1.78. The highest BCUT2D eigenvalue weighted by Crippen LogP contribution is 2.27. The highest BCUT2D eigenvalue weighted by atomic mass is 35.5. The van der Waals surface area contributed by atoms with Crippen molar-refractivity contribution < 1.29 is 4.79 Å². The van der Waals surface area contributed by atoms with Crippen LogP contribution in [0.4, 0.5) is 0 Å². The molecule has 1 heterocycles. The van der Waals surface area contributed by atoms with Crippen molar-refractivity contribution in [1.82, 2.24) is 0 Å². The van der Waals surface area contributed by atoms with Gasteiger partial charge >= 0.3 is 0 Å². The van der Waals surface area contributed by atoms with Crippen molar-refractivity contribution in [1.29, 1.82) is 0 Å². The first kappa shape index (κ1) is 8.73. The first-order valence-electron chi connectivity index (χ1n) is 3.87. The zero-order valence-electron chi connectivity index (χ0n) is 7.00. The van der Waals surface area contributed by atoms with E-state index < -0.39 is 0 Å². The van der Waals surface area contributed by atoms with Crippen LogP contribution in [-0.2, 0) is 0 Å². The maximum atomic E-state index is 10.9. The van der Waals surface area contributed by atoms with Crippen molar-refractivity contribution >= 4 is 38.3 Å². The van der Waals surface area contributed by atoms with E-state index in [1.54, 1.807) is 0 Å². The third-order valence-electron chi connectivity index (χ3n) is 1.87. The Morgan fingerprint density at radius 3 is 2.85 bits per heavy atom. The molecule has 1 aromatic heterocycles. The van der Waals surface area contributed by atoms with Crippen LogP contribution < -0.4 is 0 Å². The normalized spacial score (nSPS) is 10.6. The maximum absolute atomic E-state index is 10.9. The van der Waals surface area contributed by atoms with E-state index in [1.807, 2.05) is 25.1 Å². The van der Waals surface area contributed by atoms with Gasteiger partial charge < -0.3 is 0 Å². The molecule has 0 amide bonds. The third-order valence-corrected chi connectivity index (χ3v) is 3.28. The van der Waals surface area contributed by atoms with Gasteiger partial charge in [-0.15, -0.1) is 11.3 Å². The molecule has 0 aliphatic carbocycles. The number of hydrogen-bond acceptors (Lipinski definition) is 2. The third kappa shape index (κ3) is 1.60. The number of hydrogen-bond donors (Lipinski definition) is 0. The number of fused-ring (bicyclic) bond motifs is 1. The van der Waals surface area contributed by atoms with Crippen LogP contribution in [0.15, 0.2) is 24.3 Å². The SMILES string of the molecule is Cc1ccc2cc(C(=O)Cl)sc2c1. The molecule has 2 rings (SSSR count). The van der Waals surface area contributed by atoms with E-state index in [1.165, 1.54) is 16.9 Å². The van der Waals surface area contributed by atoms with Crippen molar-refractivity contribution in [3.8, 4) is 0 Å². The molecular formula is C10H7ClOS. The topological polar surface area (TPSA) is 17.1 Å². The maximum Gasteiger partial charge on any atom is 0.262 e. The molecule has 3 heteroatoms. The van der Waals surface area contributed by atoms with Crippen LogP contribution in [0.1, 0.15) is 15.2 Å². The Morgan fingerprint density at radius 1 is 1.38 bits per heavy atom. The molecule has 13 heavy (non-hydrogen) atoms. The molecule has 0 bridgehead atoms. The van der Waals surface area contributed by atoms with Crippen molar-refractivity contribution in [3.05, 3.63) is 34.7 Å². The number of carbonyl (C=O) groups excluding carboxylic acids is 1. The Balaban J connectivity index is 2.68. The van der Waals surface area contributed by atoms with Gasteiger partial charge in [0, 0.05) is 4.70 Å². The highest BCUT2D eigenvalue weighted by Gasteiger charge is 2.06. The van der Waals surface area contributed by atoms with Gasteiger partial charge in [-0.25, -0.2) is 0 Å². The fourth-order valence-electron chi connectivity index (χ4n) is 1.24. The highest BCUT2D eigenvalue weighted by molar-refractivity contribution is 7.22. The monoisotopic (exact) mass is 210 g/mol. The smallest absolute Gasteiger partial charge is 0.262 e. The molecular weight excluding hydrogens is 204 g/mol. The predicted octanol–water partition coefficient (Wildman–Crippen LogP) is 3.59. The van der Waals surface area contributed by atoms with E-state index in [0.29, 0.717) is 4.88 Å². The Hall–Kier alpha value is -0.860. The van der Waals surface area contributed by atoms with Crippen LogP contribution in [0.3, 0.4) is 0 Å². The van der Waals surface area contributed by atoms with Crippen molar-refractivity contribution in [2.45, 2.75) is 6.92 Å². The minimum absolute atomic E-state index is 0.376. The van der Waals surface area contributed by atoms with Crippen LogP contribution >= 0.6 is 22.9 Å². The Morgan fingerprint density at radius 2 is 2.15 bits per heavy atom. The number of carbonyl (C=O) groups is 1. The van der Waals surface area contributed by atoms with Crippen LogP contribution in [0.2, 0.25) is 0 Å². The van der Waals surface area contributed by atoms with Gasteiger partial charge in [0.15, 0.2) is 0 Å². The molecule has 0 aliphatic rings. The zero-order valence-corrected chi connectivity index (χ0v) is 8.58. The fraction of sp³-hybridized carbons (Fsp3) is 0.100. The zero-order chi connectivity index (χ0) is 9.42. The molecule has 1 nitrogen and oxygen atoms in total. The fourth-order valence-corrected chi connectivity index (χ4v) is 2.40. The van der Waals surface area contributed by atoms with Crippen molar-refractivity contribution in [3.63, 3.8) is 0 Å². The number of rotatable bonds is 1. The summed E-state index contributed by atoms with van der Waals surface area (Å²) >= 11 is 6.82.